The summed E-state index contributed by atoms with van der Waals surface area (Å²) in [5, 5.41) is 1.88. The molecule has 4 rings (SSSR count). The third-order valence-corrected chi connectivity index (χ3v) is 5.78. The number of hydrogen-bond donors (Lipinski definition) is 0. The molecule has 0 fully saturated rings. The number of rotatable bonds is 3. The molecule has 0 saturated heterocycles. The predicted molar refractivity (Wildman–Crippen MR) is 107 cm³/mol. The van der Waals surface area contributed by atoms with Crippen LogP contribution in [0.3, 0.4) is 0 Å². The van der Waals surface area contributed by atoms with Gasteiger partial charge in [0.2, 0.25) is 5.91 Å². The zero-order valence-electron chi connectivity index (χ0n) is 15.0. The molecule has 4 nitrogen and oxygen atoms in total. The van der Waals surface area contributed by atoms with Gasteiger partial charge in [-0.15, -0.1) is 0 Å². The van der Waals surface area contributed by atoms with Gasteiger partial charge in [0.1, 0.15) is 10.9 Å². The Hall–Kier alpha value is -2.40. The van der Waals surface area contributed by atoms with E-state index in [1.165, 1.54) is 17.3 Å². The molecule has 5 heteroatoms. The molecule has 132 valence electrons. The summed E-state index contributed by atoms with van der Waals surface area (Å²) in [6, 6.07) is 16.4. The Balaban J connectivity index is 1.58. The maximum atomic E-state index is 13.0. The number of carbonyl (C=O) groups excluding carboxylic acids is 1. The topological polar surface area (TPSA) is 46.1 Å². The SMILES string of the molecule is Cc1nc(SCC(=O)N2c3ccccc3CCC2C)c2ccccc2n1. The van der Waals surface area contributed by atoms with Crippen LogP contribution in [0.5, 0.6) is 0 Å². The smallest absolute Gasteiger partial charge is 0.237 e. The molecule has 0 radical (unpaired) electrons. The molecule has 1 aromatic heterocycles. The van der Waals surface area contributed by atoms with Gasteiger partial charge in [-0.25, -0.2) is 9.97 Å². The van der Waals surface area contributed by atoms with Gasteiger partial charge in [-0.3, -0.25) is 4.79 Å². The summed E-state index contributed by atoms with van der Waals surface area (Å²) < 4.78 is 0. The van der Waals surface area contributed by atoms with Crippen LogP contribution in [-0.4, -0.2) is 27.7 Å². The molecular formula is C21H21N3OS. The minimum absolute atomic E-state index is 0.134. The van der Waals surface area contributed by atoms with Crippen LogP contribution in [0.4, 0.5) is 5.69 Å². The number of hydrogen-bond acceptors (Lipinski definition) is 4. The fourth-order valence-electron chi connectivity index (χ4n) is 3.54. The first kappa shape index (κ1) is 17.0. The summed E-state index contributed by atoms with van der Waals surface area (Å²) in [5.41, 5.74) is 3.24. The molecular weight excluding hydrogens is 342 g/mol. The lowest BCUT2D eigenvalue weighted by molar-refractivity contribution is -0.116. The van der Waals surface area contributed by atoms with E-state index in [0.29, 0.717) is 5.75 Å². The molecule has 0 aliphatic carbocycles. The highest BCUT2D eigenvalue weighted by molar-refractivity contribution is 8.00. The summed E-state index contributed by atoms with van der Waals surface area (Å²) >= 11 is 1.50. The number of anilines is 1. The third-order valence-electron chi connectivity index (χ3n) is 4.80. The van der Waals surface area contributed by atoms with Crippen molar-refractivity contribution in [1.82, 2.24) is 9.97 Å². The Morgan fingerprint density at radius 2 is 1.92 bits per heavy atom. The number of amides is 1. The van der Waals surface area contributed by atoms with Crippen LogP contribution in [0.25, 0.3) is 10.9 Å². The van der Waals surface area contributed by atoms with Crippen LogP contribution in [0.2, 0.25) is 0 Å². The molecule has 1 atom stereocenters. The molecule has 0 N–H and O–H groups in total. The number of para-hydroxylation sites is 2. The Kier molecular flexibility index (Phi) is 4.64. The maximum absolute atomic E-state index is 13.0. The summed E-state index contributed by atoms with van der Waals surface area (Å²) in [7, 11) is 0. The van der Waals surface area contributed by atoms with Gasteiger partial charge in [0, 0.05) is 17.1 Å². The number of carbonyl (C=O) groups is 1. The van der Waals surface area contributed by atoms with Crippen LogP contribution < -0.4 is 4.90 Å². The number of nitrogens with zero attached hydrogens (tertiary/aromatic N) is 3. The van der Waals surface area contributed by atoms with E-state index in [0.717, 1.165) is 40.3 Å². The first-order chi connectivity index (χ1) is 12.6. The molecule has 0 bridgehead atoms. The van der Waals surface area contributed by atoms with Gasteiger partial charge < -0.3 is 4.90 Å². The minimum Gasteiger partial charge on any atom is -0.309 e. The van der Waals surface area contributed by atoms with Crippen LogP contribution in [0.1, 0.15) is 24.7 Å². The molecule has 2 aromatic carbocycles. The highest BCUT2D eigenvalue weighted by Crippen LogP contribution is 2.32. The van der Waals surface area contributed by atoms with Crippen LogP contribution in [-0.2, 0) is 11.2 Å². The Labute approximate surface area is 157 Å². The van der Waals surface area contributed by atoms with E-state index in [4.69, 9.17) is 0 Å². The lowest BCUT2D eigenvalue weighted by Gasteiger charge is -2.35. The van der Waals surface area contributed by atoms with E-state index >= 15 is 0 Å². The zero-order valence-corrected chi connectivity index (χ0v) is 15.8. The highest BCUT2D eigenvalue weighted by Gasteiger charge is 2.28. The van der Waals surface area contributed by atoms with E-state index in [1.807, 2.05) is 48.2 Å². The van der Waals surface area contributed by atoms with E-state index in [1.54, 1.807) is 0 Å². The molecule has 1 unspecified atom stereocenters. The number of thioether (sulfide) groups is 1. The van der Waals surface area contributed by atoms with Crippen LogP contribution in [0, 0.1) is 6.92 Å². The number of benzene rings is 2. The van der Waals surface area contributed by atoms with Crippen molar-refractivity contribution in [1.29, 1.82) is 0 Å². The number of aromatic nitrogens is 2. The van der Waals surface area contributed by atoms with Gasteiger partial charge in [0.05, 0.1) is 11.3 Å². The summed E-state index contributed by atoms with van der Waals surface area (Å²) in [5.74, 6) is 1.24. The van der Waals surface area contributed by atoms with Gasteiger partial charge in [-0.1, -0.05) is 48.2 Å². The van der Waals surface area contributed by atoms with Gasteiger partial charge >= 0.3 is 0 Å². The average Bonchev–Trinajstić information content (AvgIpc) is 2.65. The monoisotopic (exact) mass is 363 g/mol. The summed E-state index contributed by atoms with van der Waals surface area (Å²) in [6.45, 7) is 4.02. The number of fused-ring (bicyclic) bond motifs is 2. The van der Waals surface area contributed by atoms with Gasteiger partial charge in [-0.2, -0.15) is 0 Å². The minimum atomic E-state index is 0.134. The van der Waals surface area contributed by atoms with Crippen molar-refractivity contribution < 1.29 is 4.79 Å². The first-order valence-corrected chi connectivity index (χ1v) is 9.88. The second-order valence-electron chi connectivity index (χ2n) is 6.66. The Morgan fingerprint density at radius 3 is 2.81 bits per heavy atom. The maximum Gasteiger partial charge on any atom is 0.237 e. The van der Waals surface area contributed by atoms with Crippen molar-refractivity contribution in [3.05, 3.63) is 59.9 Å². The molecule has 1 amide bonds. The molecule has 0 saturated carbocycles. The molecule has 2 heterocycles. The van der Waals surface area contributed by atoms with Crippen molar-refractivity contribution >= 4 is 34.3 Å². The second kappa shape index (κ2) is 7.08. The summed E-state index contributed by atoms with van der Waals surface area (Å²) in [6.07, 6.45) is 2.03. The molecule has 26 heavy (non-hydrogen) atoms. The Morgan fingerprint density at radius 1 is 1.15 bits per heavy atom. The fourth-order valence-corrected chi connectivity index (χ4v) is 4.46. The van der Waals surface area contributed by atoms with Crippen molar-refractivity contribution in [3.63, 3.8) is 0 Å². The molecule has 1 aliphatic heterocycles. The van der Waals surface area contributed by atoms with E-state index < -0.39 is 0 Å². The standard InChI is InChI=1S/C21H21N3OS/c1-14-11-12-16-7-3-6-10-19(16)24(14)20(25)13-26-21-17-8-4-5-9-18(17)22-15(2)23-21/h3-10,14H,11-13H2,1-2H3. The normalized spacial score (nSPS) is 16.5. The van der Waals surface area contributed by atoms with E-state index in [2.05, 4.69) is 29.0 Å². The Bertz CT molecular complexity index is 972. The van der Waals surface area contributed by atoms with E-state index in [-0.39, 0.29) is 11.9 Å². The van der Waals surface area contributed by atoms with Crippen molar-refractivity contribution in [3.8, 4) is 0 Å². The van der Waals surface area contributed by atoms with Gasteiger partial charge in [0.15, 0.2) is 0 Å². The van der Waals surface area contributed by atoms with Crippen LogP contribution in [0.15, 0.2) is 53.6 Å². The third kappa shape index (κ3) is 3.19. The van der Waals surface area contributed by atoms with Crippen molar-refractivity contribution in [2.75, 3.05) is 10.7 Å². The van der Waals surface area contributed by atoms with Crippen molar-refractivity contribution in [2.24, 2.45) is 0 Å². The molecule has 0 spiro atoms. The first-order valence-electron chi connectivity index (χ1n) is 8.89. The van der Waals surface area contributed by atoms with Crippen molar-refractivity contribution in [2.45, 2.75) is 37.8 Å². The lowest BCUT2D eigenvalue weighted by Crippen LogP contribution is -2.43. The average molecular weight is 363 g/mol. The van der Waals surface area contributed by atoms with Gasteiger partial charge in [0.25, 0.3) is 0 Å². The largest absolute Gasteiger partial charge is 0.309 e. The lowest BCUT2D eigenvalue weighted by atomic mass is 9.97. The molecule has 3 aromatic rings. The zero-order chi connectivity index (χ0) is 18.1. The predicted octanol–water partition coefficient (Wildman–Crippen LogP) is 4.40. The van der Waals surface area contributed by atoms with Gasteiger partial charge in [-0.05, 0) is 44.4 Å². The van der Waals surface area contributed by atoms with E-state index in [9.17, 15) is 4.79 Å². The van der Waals surface area contributed by atoms with Crippen LogP contribution >= 0.6 is 11.8 Å². The molecule has 1 aliphatic rings. The summed E-state index contributed by atoms with van der Waals surface area (Å²) in [4.78, 5) is 24.0. The fraction of sp³-hybridized carbons (Fsp3) is 0.286. The highest BCUT2D eigenvalue weighted by atomic mass is 32.2. The quantitative estimate of drug-likeness (QED) is 0.511. The second-order valence-corrected chi connectivity index (χ2v) is 7.63. The number of aryl methyl sites for hydroxylation is 2.